The Bertz CT molecular complexity index is 1170. The third-order valence-electron chi connectivity index (χ3n) is 4.33. The number of aliphatic hydroxyl groups excluding tert-OH is 1. The number of aliphatic hydroxyl groups is 1. The predicted octanol–water partition coefficient (Wildman–Crippen LogP) is 0.710. The summed E-state index contributed by atoms with van der Waals surface area (Å²) in [5.41, 5.74) is 2.86. The molecule has 0 saturated heterocycles. The van der Waals surface area contributed by atoms with Crippen molar-refractivity contribution in [2.75, 3.05) is 6.61 Å². The van der Waals surface area contributed by atoms with Crippen LogP contribution < -0.4 is 10.2 Å². The summed E-state index contributed by atoms with van der Waals surface area (Å²) < 4.78 is 8.63. The average Bonchev–Trinajstić information content (AvgIpc) is 3.27. The van der Waals surface area contributed by atoms with Gasteiger partial charge in [-0.3, -0.25) is 0 Å². The van der Waals surface area contributed by atoms with Gasteiger partial charge < -0.3 is 9.52 Å². The fourth-order valence-electron chi connectivity index (χ4n) is 2.91. The van der Waals surface area contributed by atoms with Crippen molar-refractivity contribution in [2.45, 2.75) is 26.8 Å². The van der Waals surface area contributed by atoms with Crippen LogP contribution in [-0.2, 0) is 13.0 Å². The second kappa shape index (κ2) is 6.76. The van der Waals surface area contributed by atoms with E-state index in [2.05, 4.69) is 15.3 Å². The molecule has 0 unspecified atom stereocenters. The number of aromatic nitrogens is 6. The summed E-state index contributed by atoms with van der Waals surface area (Å²) in [6.07, 6.45) is 3.94. The SMILES string of the molecule is CCc1nn(-c2ccc3cc(-[n+]4cnn(CCO)c4)c(=O)oc3c2)nc1C. The van der Waals surface area contributed by atoms with E-state index in [-0.39, 0.29) is 6.61 Å². The molecular formula is C18H19N6O3+. The van der Waals surface area contributed by atoms with E-state index >= 15 is 0 Å². The lowest BCUT2D eigenvalue weighted by atomic mass is 10.2. The molecule has 0 radical (unpaired) electrons. The van der Waals surface area contributed by atoms with Gasteiger partial charge in [0.05, 0.1) is 23.7 Å². The van der Waals surface area contributed by atoms with Gasteiger partial charge in [-0.1, -0.05) is 6.92 Å². The van der Waals surface area contributed by atoms with Gasteiger partial charge in [0.2, 0.25) is 6.33 Å². The number of hydrogen-bond acceptors (Lipinski definition) is 6. The molecule has 0 spiro atoms. The van der Waals surface area contributed by atoms with Crippen molar-refractivity contribution in [1.82, 2.24) is 24.8 Å². The molecule has 0 aliphatic heterocycles. The number of rotatable bonds is 5. The van der Waals surface area contributed by atoms with Crippen LogP contribution in [0.3, 0.4) is 0 Å². The lowest BCUT2D eigenvalue weighted by molar-refractivity contribution is -0.598. The van der Waals surface area contributed by atoms with Gasteiger partial charge in [0, 0.05) is 16.6 Å². The molecule has 4 rings (SSSR count). The molecule has 138 valence electrons. The average molecular weight is 367 g/mol. The number of benzene rings is 1. The largest absolute Gasteiger partial charge is 0.420 e. The molecule has 9 heteroatoms. The molecular weight excluding hydrogens is 348 g/mol. The Morgan fingerprint density at radius 3 is 2.85 bits per heavy atom. The Morgan fingerprint density at radius 2 is 2.11 bits per heavy atom. The van der Waals surface area contributed by atoms with Crippen LogP contribution in [0.15, 0.2) is 46.1 Å². The summed E-state index contributed by atoms with van der Waals surface area (Å²) >= 11 is 0. The Kier molecular flexibility index (Phi) is 4.28. The van der Waals surface area contributed by atoms with Crippen LogP contribution in [0.2, 0.25) is 0 Å². The highest BCUT2D eigenvalue weighted by Crippen LogP contribution is 2.18. The molecule has 0 saturated carbocycles. The molecule has 3 heterocycles. The lowest BCUT2D eigenvalue weighted by Gasteiger charge is -2.03. The van der Waals surface area contributed by atoms with E-state index < -0.39 is 5.63 Å². The first-order valence-corrected chi connectivity index (χ1v) is 8.65. The van der Waals surface area contributed by atoms with Crippen molar-refractivity contribution in [2.24, 2.45) is 0 Å². The van der Waals surface area contributed by atoms with Crippen LogP contribution in [-0.4, -0.2) is 36.5 Å². The van der Waals surface area contributed by atoms with Crippen LogP contribution in [0.25, 0.3) is 22.3 Å². The summed E-state index contributed by atoms with van der Waals surface area (Å²) in [5.74, 6) is 0. The second-order valence-electron chi connectivity index (χ2n) is 6.16. The molecule has 1 N–H and O–H groups in total. The van der Waals surface area contributed by atoms with Gasteiger partial charge in [-0.05, 0) is 31.5 Å². The van der Waals surface area contributed by atoms with Crippen molar-refractivity contribution in [3.05, 3.63) is 58.7 Å². The molecule has 0 bridgehead atoms. The number of nitrogens with zero attached hydrogens (tertiary/aromatic N) is 6. The summed E-state index contributed by atoms with van der Waals surface area (Å²) in [7, 11) is 0. The van der Waals surface area contributed by atoms with Gasteiger partial charge in [0.1, 0.15) is 12.1 Å². The van der Waals surface area contributed by atoms with Crippen molar-refractivity contribution >= 4 is 11.0 Å². The Balaban J connectivity index is 1.76. The van der Waals surface area contributed by atoms with E-state index in [4.69, 9.17) is 9.52 Å². The minimum atomic E-state index is -0.480. The normalized spacial score (nSPS) is 11.4. The zero-order chi connectivity index (χ0) is 19.0. The Hall–Kier alpha value is -3.33. The van der Waals surface area contributed by atoms with Gasteiger partial charge in [0.15, 0.2) is 5.69 Å². The summed E-state index contributed by atoms with van der Waals surface area (Å²) in [6.45, 7) is 4.27. The lowest BCUT2D eigenvalue weighted by Crippen LogP contribution is -2.34. The highest BCUT2D eigenvalue weighted by Gasteiger charge is 2.15. The van der Waals surface area contributed by atoms with Gasteiger partial charge in [0.25, 0.3) is 6.33 Å². The topological polar surface area (TPSA) is 103 Å². The number of hydrogen-bond donors (Lipinski definition) is 1. The van der Waals surface area contributed by atoms with Gasteiger partial charge in [-0.2, -0.15) is 19.6 Å². The number of aryl methyl sites for hydroxylation is 2. The molecule has 0 aliphatic rings. The first-order chi connectivity index (χ1) is 13.1. The summed E-state index contributed by atoms with van der Waals surface area (Å²) in [5, 5.41) is 22.7. The zero-order valence-electron chi connectivity index (χ0n) is 15.0. The van der Waals surface area contributed by atoms with E-state index in [0.29, 0.717) is 17.8 Å². The molecule has 0 amide bonds. The monoisotopic (exact) mass is 367 g/mol. The van der Waals surface area contributed by atoms with Crippen molar-refractivity contribution in [3.8, 4) is 11.4 Å². The van der Waals surface area contributed by atoms with Gasteiger partial charge >= 0.3 is 5.63 Å². The minimum absolute atomic E-state index is 0.0303. The van der Waals surface area contributed by atoms with Crippen molar-refractivity contribution < 1.29 is 14.1 Å². The third-order valence-corrected chi connectivity index (χ3v) is 4.33. The Morgan fingerprint density at radius 1 is 1.26 bits per heavy atom. The first-order valence-electron chi connectivity index (χ1n) is 8.65. The van der Waals surface area contributed by atoms with Gasteiger partial charge in [-0.15, -0.1) is 4.68 Å². The summed E-state index contributed by atoms with van der Waals surface area (Å²) in [6, 6.07) is 7.24. The van der Waals surface area contributed by atoms with Crippen LogP contribution in [0.5, 0.6) is 0 Å². The fourth-order valence-corrected chi connectivity index (χ4v) is 2.91. The minimum Gasteiger partial charge on any atom is -0.420 e. The predicted molar refractivity (Wildman–Crippen MR) is 95.9 cm³/mol. The first kappa shape index (κ1) is 17.1. The molecule has 0 aliphatic carbocycles. The highest BCUT2D eigenvalue weighted by atomic mass is 16.4. The molecule has 3 aromatic heterocycles. The molecule has 0 fully saturated rings. The van der Waals surface area contributed by atoms with E-state index in [1.165, 1.54) is 6.33 Å². The van der Waals surface area contributed by atoms with E-state index in [1.54, 1.807) is 32.5 Å². The van der Waals surface area contributed by atoms with Crippen molar-refractivity contribution in [3.63, 3.8) is 0 Å². The fraction of sp³-hybridized carbons (Fsp3) is 0.278. The Labute approximate surface area is 154 Å². The quantitative estimate of drug-likeness (QED) is 0.412. The maximum absolute atomic E-state index is 12.4. The van der Waals surface area contributed by atoms with Gasteiger partial charge in [-0.25, -0.2) is 4.79 Å². The maximum Gasteiger partial charge on any atom is 0.376 e. The molecule has 27 heavy (non-hydrogen) atoms. The van der Waals surface area contributed by atoms with Crippen LogP contribution >= 0.6 is 0 Å². The zero-order valence-corrected chi connectivity index (χ0v) is 15.0. The standard InChI is InChI=1S/C18H19N6O3/c1-3-15-12(2)20-24(21-15)14-5-4-13-8-16(18(26)27-17(13)9-14)22-10-19-23(11-22)6-7-25/h4-5,8-11,25H,3,6-7H2,1-2H3/q+1. The number of fused-ring (bicyclic) bond motifs is 1. The van der Waals surface area contributed by atoms with Crippen molar-refractivity contribution in [1.29, 1.82) is 0 Å². The highest BCUT2D eigenvalue weighted by molar-refractivity contribution is 5.79. The van der Waals surface area contributed by atoms with Crippen LogP contribution in [0.1, 0.15) is 18.3 Å². The maximum atomic E-state index is 12.4. The van der Waals surface area contributed by atoms with E-state index in [1.807, 2.05) is 26.0 Å². The molecule has 4 aromatic rings. The molecule has 9 nitrogen and oxygen atoms in total. The van der Waals surface area contributed by atoms with Crippen LogP contribution in [0, 0.1) is 6.92 Å². The third kappa shape index (κ3) is 3.13. The van der Waals surface area contributed by atoms with Crippen LogP contribution in [0.4, 0.5) is 0 Å². The van der Waals surface area contributed by atoms with E-state index in [0.717, 1.165) is 28.9 Å². The van der Waals surface area contributed by atoms with E-state index in [9.17, 15) is 4.79 Å². The molecule has 1 aromatic carbocycles. The molecule has 0 atom stereocenters. The summed E-state index contributed by atoms with van der Waals surface area (Å²) in [4.78, 5) is 14.0. The smallest absolute Gasteiger partial charge is 0.376 e. The second-order valence-corrected chi connectivity index (χ2v) is 6.16.